The number of methoxy groups -OCH3 is 1. The van der Waals surface area contributed by atoms with Gasteiger partial charge < -0.3 is 15.0 Å². The fourth-order valence-electron chi connectivity index (χ4n) is 3.21. The maximum Gasteiger partial charge on any atom is 0.224 e. The first kappa shape index (κ1) is 14.4. The Bertz CT molecular complexity index is 1050. The molecule has 8 heteroatoms. The van der Waals surface area contributed by atoms with Gasteiger partial charge in [-0.1, -0.05) is 0 Å². The minimum Gasteiger partial charge on any atom is -0.381 e. The maximum absolute atomic E-state index is 5.30. The number of hydrogen-bond donors (Lipinski definition) is 2. The van der Waals surface area contributed by atoms with Gasteiger partial charge in [0, 0.05) is 48.9 Å². The zero-order chi connectivity index (χ0) is 16.8. The summed E-state index contributed by atoms with van der Waals surface area (Å²) in [4.78, 5) is 16.5. The van der Waals surface area contributed by atoms with Gasteiger partial charge in [-0.15, -0.1) is 0 Å². The van der Waals surface area contributed by atoms with Gasteiger partial charge in [-0.05, 0) is 25.0 Å². The number of ether oxygens (including phenoxy) is 1. The average molecular weight is 335 g/mol. The highest BCUT2D eigenvalue weighted by Gasteiger charge is 2.29. The molecule has 5 rings (SSSR count). The number of H-pyrrole nitrogens is 1. The molecular formula is C17H17N7O. The molecule has 0 atom stereocenters. The van der Waals surface area contributed by atoms with E-state index < -0.39 is 0 Å². The summed E-state index contributed by atoms with van der Waals surface area (Å²) in [6, 6.07) is 4.28. The molecule has 1 aliphatic carbocycles. The molecule has 126 valence electrons. The number of imidazole rings is 1. The largest absolute Gasteiger partial charge is 0.381 e. The fourth-order valence-corrected chi connectivity index (χ4v) is 3.21. The molecule has 4 aromatic heterocycles. The highest BCUT2D eigenvalue weighted by atomic mass is 16.5. The molecule has 0 spiro atoms. The Morgan fingerprint density at radius 3 is 3.08 bits per heavy atom. The standard InChI is InChI=1S/C17H17N7O/c1-25-11-6-10(7-11)21-17-20-9-13-12(8-19-16(13)22-17)14-2-3-15-18-4-5-24(15)23-14/h2-5,8-11H,6-7H2,1H3,(H2,19,20,21,22)/t10-,11+. The lowest BCUT2D eigenvalue weighted by Gasteiger charge is -2.34. The molecule has 1 saturated carbocycles. The van der Waals surface area contributed by atoms with Gasteiger partial charge in [0.05, 0.1) is 11.8 Å². The summed E-state index contributed by atoms with van der Waals surface area (Å²) in [7, 11) is 1.75. The van der Waals surface area contributed by atoms with Crippen LogP contribution >= 0.6 is 0 Å². The molecule has 25 heavy (non-hydrogen) atoms. The van der Waals surface area contributed by atoms with Crippen LogP contribution in [-0.4, -0.2) is 48.8 Å². The molecule has 4 heterocycles. The first-order valence-corrected chi connectivity index (χ1v) is 8.24. The molecule has 2 N–H and O–H groups in total. The second-order valence-electron chi connectivity index (χ2n) is 6.28. The van der Waals surface area contributed by atoms with E-state index >= 15 is 0 Å². The van der Waals surface area contributed by atoms with Crippen LogP contribution in [0.25, 0.3) is 27.9 Å². The lowest BCUT2D eigenvalue weighted by Crippen LogP contribution is -2.40. The molecule has 1 aliphatic rings. The second-order valence-corrected chi connectivity index (χ2v) is 6.28. The average Bonchev–Trinajstić information content (AvgIpc) is 3.23. The minimum absolute atomic E-state index is 0.350. The van der Waals surface area contributed by atoms with Crippen LogP contribution in [0.1, 0.15) is 12.8 Å². The van der Waals surface area contributed by atoms with Gasteiger partial charge in [-0.25, -0.2) is 14.5 Å². The van der Waals surface area contributed by atoms with Crippen molar-refractivity contribution in [2.24, 2.45) is 0 Å². The Morgan fingerprint density at radius 2 is 2.20 bits per heavy atom. The van der Waals surface area contributed by atoms with Crippen molar-refractivity contribution in [2.45, 2.75) is 25.0 Å². The first-order chi connectivity index (χ1) is 12.3. The van der Waals surface area contributed by atoms with Crippen LogP contribution in [0.5, 0.6) is 0 Å². The van der Waals surface area contributed by atoms with E-state index in [-0.39, 0.29) is 0 Å². The number of rotatable bonds is 4. The number of aromatic nitrogens is 6. The van der Waals surface area contributed by atoms with Crippen molar-refractivity contribution in [2.75, 3.05) is 12.4 Å². The monoisotopic (exact) mass is 335 g/mol. The SMILES string of the molecule is CO[C@H]1C[C@@H](Nc2ncc3c(-c4ccc5nccn5n4)c[nH]c3n2)C1. The number of anilines is 1. The number of nitrogens with zero attached hydrogens (tertiary/aromatic N) is 5. The lowest BCUT2D eigenvalue weighted by molar-refractivity contribution is 0.0327. The van der Waals surface area contributed by atoms with Crippen LogP contribution in [-0.2, 0) is 4.74 Å². The van der Waals surface area contributed by atoms with Crippen molar-refractivity contribution in [1.82, 2.24) is 29.5 Å². The molecule has 0 amide bonds. The molecule has 0 aromatic carbocycles. The molecule has 0 saturated heterocycles. The van der Waals surface area contributed by atoms with E-state index in [9.17, 15) is 0 Å². The Labute approximate surface area is 143 Å². The first-order valence-electron chi connectivity index (χ1n) is 8.24. The van der Waals surface area contributed by atoms with Gasteiger partial charge in [0.15, 0.2) is 5.65 Å². The van der Waals surface area contributed by atoms with Gasteiger partial charge in [-0.2, -0.15) is 10.1 Å². The summed E-state index contributed by atoms with van der Waals surface area (Å²) in [5.41, 5.74) is 3.44. The molecule has 1 fully saturated rings. The van der Waals surface area contributed by atoms with Crippen LogP contribution in [0.2, 0.25) is 0 Å². The third-order valence-electron chi connectivity index (χ3n) is 4.72. The molecule has 0 radical (unpaired) electrons. The van der Waals surface area contributed by atoms with Crippen molar-refractivity contribution >= 4 is 22.6 Å². The number of nitrogens with one attached hydrogen (secondary N) is 2. The number of fused-ring (bicyclic) bond motifs is 2. The number of hydrogen-bond acceptors (Lipinski definition) is 6. The van der Waals surface area contributed by atoms with Gasteiger partial charge in [0.1, 0.15) is 5.65 Å². The zero-order valence-electron chi connectivity index (χ0n) is 13.7. The van der Waals surface area contributed by atoms with Crippen LogP contribution < -0.4 is 5.32 Å². The molecule has 0 bridgehead atoms. The predicted octanol–water partition coefficient (Wildman–Crippen LogP) is 2.26. The molecular weight excluding hydrogens is 318 g/mol. The summed E-state index contributed by atoms with van der Waals surface area (Å²) < 4.78 is 7.06. The normalized spacial score (nSPS) is 20.0. The van der Waals surface area contributed by atoms with E-state index in [0.717, 1.165) is 40.8 Å². The quantitative estimate of drug-likeness (QED) is 0.594. The van der Waals surface area contributed by atoms with Gasteiger partial charge in [-0.3, -0.25) is 0 Å². The topological polar surface area (TPSA) is 93.0 Å². The number of aromatic amines is 1. The van der Waals surface area contributed by atoms with Gasteiger partial charge >= 0.3 is 0 Å². The minimum atomic E-state index is 0.350. The van der Waals surface area contributed by atoms with Crippen molar-refractivity contribution < 1.29 is 4.74 Å². The van der Waals surface area contributed by atoms with Crippen molar-refractivity contribution in [3.05, 3.63) is 36.9 Å². The lowest BCUT2D eigenvalue weighted by atomic mass is 9.89. The highest BCUT2D eigenvalue weighted by Crippen LogP contribution is 2.28. The van der Waals surface area contributed by atoms with Crippen molar-refractivity contribution in [3.8, 4) is 11.3 Å². The molecule has 0 aliphatic heterocycles. The Balaban J connectivity index is 1.45. The van der Waals surface area contributed by atoms with E-state index in [2.05, 4.69) is 30.4 Å². The highest BCUT2D eigenvalue weighted by molar-refractivity contribution is 5.92. The van der Waals surface area contributed by atoms with Crippen LogP contribution in [0.3, 0.4) is 0 Å². The molecule has 0 unspecified atom stereocenters. The van der Waals surface area contributed by atoms with E-state index in [4.69, 9.17) is 4.74 Å². The van der Waals surface area contributed by atoms with Crippen LogP contribution in [0.15, 0.2) is 36.9 Å². The van der Waals surface area contributed by atoms with Crippen molar-refractivity contribution in [3.63, 3.8) is 0 Å². The van der Waals surface area contributed by atoms with E-state index in [1.54, 1.807) is 17.8 Å². The van der Waals surface area contributed by atoms with Crippen molar-refractivity contribution in [1.29, 1.82) is 0 Å². The summed E-state index contributed by atoms with van der Waals surface area (Å²) in [6.07, 6.45) is 9.64. The summed E-state index contributed by atoms with van der Waals surface area (Å²) in [5, 5.41) is 8.89. The Kier molecular flexibility index (Phi) is 3.17. The summed E-state index contributed by atoms with van der Waals surface area (Å²) in [5.74, 6) is 0.637. The van der Waals surface area contributed by atoms with E-state index in [0.29, 0.717) is 18.1 Å². The maximum atomic E-state index is 5.30. The van der Waals surface area contributed by atoms with Crippen LogP contribution in [0, 0.1) is 0 Å². The third kappa shape index (κ3) is 2.42. The molecule has 4 aromatic rings. The Hall–Kier alpha value is -3.00. The predicted molar refractivity (Wildman–Crippen MR) is 93.3 cm³/mol. The second kappa shape index (κ2) is 5.52. The smallest absolute Gasteiger partial charge is 0.224 e. The Morgan fingerprint density at radius 1 is 1.28 bits per heavy atom. The van der Waals surface area contributed by atoms with E-state index in [1.165, 1.54) is 0 Å². The molecule has 8 nitrogen and oxygen atoms in total. The fraction of sp³-hybridized carbons (Fsp3) is 0.294. The van der Waals surface area contributed by atoms with Crippen LogP contribution in [0.4, 0.5) is 5.95 Å². The van der Waals surface area contributed by atoms with Gasteiger partial charge in [0.25, 0.3) is 0 Å². The summed E-state index contributed by atoms with van der Waals surface area (Å²) >= 11 is 0. The third-order valence-corrected chi connectivity index (χ3v) is 4.72. The summed E-state index contributed by atoms with van der Waals surface area (Å²) in [6.45, 7) is 0. The van der Waals surface area contributed by atoms with E-state index in [1.807, 2.05) is 30.7 Å². The zero-order valence-corrected chi connectivity index (χ0v) is 13.7. The van der Waals surface area contributed by atoms with Gasteiger partial charge in [0.2, 0.25) is 5.95 Å².